The van der Waals surface area contributed by atoms with Crippen molar-refractivity contribution in [1.29, 1.82) is 0 Å². The van der Waals surface area contributed by atoms with Gasteiger partial charge in [0.25, 0.3) is 5.56 Å². The van der Waals surface area contributed by atoms with Crippen molar-refractivity contribution < 1.29 is 14.9 Å². The quantitative estimate of drug-likeness (QED) is 0.493. The van der Waals surface area contributed by atoms with Gasteiger partial charge in [0.1, 0.15) is 18.4 Å². The van der Waals surface area contributed by atoms with Crippen molar-refractivity contribution in [3.8, 4) is 0 Å². The molecular formula is C8H11N3O5. The molecule has 8 nitrogen and oxygen atoms in total. The highest BCUT2D eigenvalue weighted by atomic mass is 16.6. The molecule has 1 aromatic heterocycles. The smallest absolute Gasteiger partial charge is 0.347 e. The summed E-state index contributed by atoms with van der Waals surface area (Å²) >= 11 is 0. The van der Waals surface area contributed by atoms with E-state index in [4.69, 9.17) is 4.74 Å². The van der Waals surface area contributed by atoms with E-state index in [1.807, 2.05) is 4.98 Å². The summed E-state index contributed by atoms with van der Waals surface area (Å²) in [4.78, 5) is 24.1. The highest BCUT2D eigenvalue weighted by molar-refractivity contribution is 4.86. The third-order valence-corrected chi connectivity index (χ3v) is 2.46. The molecule has 2 rings (SSSR count). The van der Waals surface area contributed by atoms with Crippen molar-refractivity contribution in [3.05, 3.63) is 27.0 Å². The predicted octanol–water partition coefficient (Wildman–Crippen LogP) is -2.43. The Hall–Kier alpha value is -1.51. The number of H-pyrrole nitrogens is 1. The van der Waals surface area contributed by atoms with Crippen LogP contribution in [0.4, 0.5) is 0 Å². The Morgan fingerprint density at radius 2 is 2.12 bits per heavy atom. The molecule has 0 saturated carbocycles. The van der Waals surface area contributed by atoms with Crippen LogP contribution in [0.5, 0.6) is 0 Å². The lowest BCUT2D eigenvalue weighted by Gasteiger charge is -2.14. The highest BCUT2D eigenvalue weighted by Gasteiger charge is 2.42. The summed E-state index contributed by atoms with van der Waals surface area (Å²) in [5.41, 5.74) is -1.43. The number of hydrogen-bond acceptors (Lipinski definition) is 6. The average molecular weight is 229 g/mol. The molecule has 1 saturated heterocycles. The van der Waals surface area contributed by atoms with Gasteiger partial charge in [-0.3, -0.25) is 9.78 Å². The van der Waals surface area contributed by atoms with Gasteiger partial charge in [0, 0.05) is 0 Å². The fourth-order valence-corrected chi connectivity index (χ4v) is 1.57. The topological polar surface area (TPSA) is 117 Å². The normalized spacial score (nSPS) is 34.2. The maximum Gasteiger partial charge on any atom is 0.347 e. The number of aromatic nitrogens is 3. The Kier molecular flexibility index (Phi) is 2.62. The van der Waals surface area contributed by atoms with Gasteiger partial charge in [-0.25, -0.2) is 4.79 Å². The van der Waals surface area contributed by atoms with E-state index in [1.54, 1.807) is 6.92 Å². The standard InChI is InChI=1S/C8H11N3O5/c1-3-5(13)6(14)7(16-3)11-8(15)10-4(12)2-9-11/h2-3,5-7,13-14H,1H3,(H,10,12,15)/t3-,5-,6-,7-/m1/s1. The first-order chi connectivity index (χ1) is 7.50. The van der Waals surface area contributed by atoms with Crippen LogP contribution in [0.25, 0.3) is 0 Å². The van der Waals surface area contributed by atoms with Gasteiger partial charge in [0.2, 0.25) is 0 Å². The lowest BCUT2D eigenvalue weighted by atomic mass is 10.1. The number of hydrogen-bond donors (Lipinski definition) is 3. The van der Waals surface area contributed by atoms with E-state index in [-0.39, 0.29) is 0 Å². The minimum absolute atomic E-state index is 0.611. The Balaban J connectivity index is 2.39. The molecule has 16 heavy (non-hydrogen) atoms. The van der Waals surface area contributed by atoms with Crippen LogP contribution in [0.2, 0.25) is 0 Å². The van der Waals surface area contributed by atoms with E-state index in [0.717, 1.165) is 10.9 Å². The van der Waals surface area contributed by atoms with Gasteiger partial charge in [0.05, 0.1) is 6.10 Å². The maximum absolute atomic E-state index is 11.4. The first-order valence-corrected chi connectivity index (χ1v) is 4.70. The Morgan fingerprint density at radius 1 is 1.44 bits per heavy atom. The summed E-state index contributed by atoms with van der Waals surface area (Å²) < 4.78 is 5.96. The van der Waals surface area contributed by atoms with Crippen molar-refractivity contribution in [2.75, 3.05) is 0 Å². The molecule has 0 bridgehead atoms. The van der Waals surface area contributed by atoms with Crippen molar-refractivity contribution in [2.45, 2.75) is 31.5 Å². The SMILES string of the molecule is C[C@H]1O[C@@H](n2ncc(=O)[nH]c2=O)[C@H](O)[C@@H]1O. The molecule has 4 atom stereocenters. The minimum atomic E-state index is -1.26. The van der Waals surface area contributed by atoms with E-state index in [1.165, 1.54) is 0 Å². The third kappa shape index (κ3) is 1.66. The van der Waals surface area contributed by atoms with Crippen molar-refractivity contribution in [3.63, 3.8) is 0 Å². The van der Waals surface area contributed by atoms with Crippen LogP contribution in [0.15, 0.2) is 15.8 Å². The number of aliphatic hydroxyl groups excluding tert-OH is 2. The van der Waals surface area contributed by atoms with Gasteiger partial charge in [0.15, 0.2) is 6.23 Å². The van der Waals surface area contributed by atoms with Gasteiger partial charge >= 0.3 is 5.69 Å². The summed E-state index contributed by atoms with van der Waals surface area (Å²) in [6.45, 7) is 1.56. The summed E-state index contributed by atoms with van der Waals surface area (Å²) in [5, 5.41) is 22.6. The Morgan fingerprint density at radius 3 is 2.62 bits per heavy atom. The molecule has 0 spiro atoms. The fourth-order valence-electron chi connectivity index (χ4n) is 1.57. The lowest BCUT2D eigenvalue weighted by Crippen LogP contribution is -2.39. The molecular weight excluding hydrogens is 218 g/mol. The first-order valence-electron chi connectivity index (χ1n) is 4.70. The predicted molar refractivity (Wildman–Crippen MR) is 50.7 cm³/mol. The van der Waals surface area contributed by atoms with Crippen LogP contribution in [0, 0.1) is 0 Å². The second-order valence-electron chi connectivity index (χ2n) is 3.60. The van der Waals surface area contributed by atoms with E-state index >= 15 is 0 Å². The molecule has 1 aromatic rings. The van der Waals surface area contributed by atoms with E-state index in [0.29, 0.717) is 0 Å². The molecule has 0 radical (unpaired) electrons. The number of aromatic amines is 1. The van der Waals surface area contributed by atoms with Gasteiger partial charge in [-0.05, 0) is 6.92 Å². The molecule has 2 heterocycles. The molecule has 1 aliphatic rings. The second-order valence-corrected chi connectivity index (χ2v) is 3.60. The number of aliphatic hydroxyl groups is 2. The van der Waals surface area contributed by atoms with Crippen molar-refractivity contribution in [2.24, 2.45) is 0 Å². The molecule has 0 amide bonds. The van der Waals surface area contributed by atoms with Crippen molar-refractivity contribution in [1.82, 2.24) is 14.8 Å². The first kappa shape index (κ1) is 11.0. The zero-order chi connectivity index (χ0) is 11.9. The summed E-state index contributed by atoms with van der Waals surface area (Å²) in [7, 11) is 0. The number of rotatable bonds is 1. The van der Waals surface area contributed by atoms with Crippen molar-refractivity contribution >= 4 is 0 Å². The molecule has 8 heteroatoms. The van der Waals surface area contributed by atoms with Crippen LogP contribution in [0.1, 0.15) is 13.2 Å². The van der Waals surface area contributed by atoms with E-state index in [2.05, 4.69) is 5.10 Å². The minimum Gasteiger partial charge on any atom is -0.388 e. The van der Waals surface area contributed by atoms with Gasteiger partial charge < -0.3 is 14.9 Å². The van der Waals surface area contributed by atoms with E-state index in [9.17, 15) is 19.8 Å². The van der Waals surface area contributed by atoms with Crippen LogP contribution >= 0.6 is 0 Å². The fraction of sp³-hybridized carbons (Fsp3) is 0.625. The van der Waals surface area contributed by atoms with Gasteiger partial charge in [-0.15, -0.1) is 0 Å². The van der Waals surface area contributed by atoms with Crippen LogP contribution in [-0.4, -0.2) is 43.3 Å². The Labute approximate surface area is 89.1 Å². The van der Waals surface area contributed by atoms with Crippen LogP contribution < -0.4 is 11.2 Å². The molecule has 1 aliphatic heterocycles. The average Bonchev–Trinajstić information content (AvgIpc) is 2.46. The number of nitrogens with zero attached hydrogens (tertiary/aromatic N) is 2. The number of ether oxygens (including phenoxy) is 1. The molecule has 88 valence electrons. The zero-order valence-corrected chi connectivity index (χ0v) is 8.40. The monoisotopic (exact) mass is 229 g/mol. The zero-order valence-electron chi connectivity index (χ0n) is 8.40. The second kappa shape index (κ2) is 3.81. The maximum atomic E-state index is 11.4. The molecule has 1 fully saturated rings. The molecule has 0 unspecified atom stereocenters. The van der Waals surface area contributed by atoms with Gasteiger partial charge in [-0.1, -0.05) is 0 Å². The summed E-state index contributed by atoms with van der Waals surface area (Å²) in [6.07, 6.45) is -3.15. The summed E-state index contributed by atoms with van der Waals surface area (Å²) in [5.74, 6) is 0. The highest BCUT2D eigenvalue weighted by Crippen LogP contribution is 2.26. The van der Waals surface area contributed by atoms with E-state index < -0.39 is 35.8 Å². The van der Waals surface area contributed by atoms with Crippen LogP contribution in [-0.2, 0) is 4.74 Å². The molecule has 0 aliphatic carbocycles. The molecule has 3 N–H and O–H groups in total. The molecule has 0 aromatic carbocycles. The summed E-state index contributed by atoms with van der Waals surface area (Å²) in [6, 6.07) is 0. The number of nitrogens with one attached hydrogen (secondary N) is 1. The van der Waals surface area contributed by atoms with Gasteiger partial charge in [-0.2, -0.15) is 9.78 Å². The largest absolute Gasteiger partial charge is 0.388 e. The van der Waals surface area contributed by atoms with Crippen LogP contribution in [0.3, 0.4) is 0 Å². The Bertz CT molecular complexity index is 495. The lowest BCUT2D eigenvalue weighted by molar-refractivity contribution is -0.0437. The third-order valence-electron chi connectivity index (χ3n) is 2.46.